The van der Waals surface area contributed by atoms with Gasteiger partial charge in [0, 0.05) is 16.5 Å². The standard InChI is InChI=1S/C12H12BrNO2/c1-16-9-2-3-10(11(15)4-9)12(7-14)5-8(13)6-12/h2-4,8,15H,5-6H2,1H3. The Kier molecular flexibility index (Phi) is 2.81. The summed E-state index contributed by atoms with van der Waals surface area (Å²) in [7, 11) is 1.55. The molecule has 1 N–H and O–H groups in total. The van der Waals surface area contributed by atoms with Crippen LogP contribution in [-0.2, 0) is 5.41 Å². The third-order valence-corrected chi connectivity index (χ3v) is 3.72. The van der Waals surface area contributed by atoms with E-state index in [1.54, 1.807) is 25.3 Å². The van der Waals surface area contributed by atoms with E-state index in [1.165, 1.54) is 0 Å². The lowest BCUT2D eigenvalue weighted by Gasteiger charge is -2.40. The van der Waals surface area contributed by atoms with Gasteiger partial charge < -0.3 is 9.84 Å². The Labute approximate surface area is 103 Å². The molecule has 0 aromatic heterocycles. The Morgan fingerprint density at radius 2 is 2.25 bits per heavy atom. The van der Waals surface area contributed by atoms with Crippen molar-refractivity contribution in [3.05, 3.63) is 23.8 Å². The Balaban J connectivity index is 2.38. The van der Waals surface area contributed by atoms with Crippen molar-refractivity contribution in [3.63, 3.8) is 0 Å². The highest BCUT2D eigenvalue weighted by Crippen LogP contribution is 2.49. The lowest BCUT2D eigenvalue weighted by atomic mass is 9.65. The topological polar surface area (TPSA) is 53.2 Å². The molecule has 84 valence electrons. The third-order valence-electron chi connectivity index (χ3n) is 3.07. The summed E-state index contributed by atoms with van der Waals surface area (Å²) in [5, 5.41) is 19.1. The van der Waals surface area contributed by atoms with Crippen LogP contribution in [0.2, 0.25) is 0 Å². The van der Waals surface area contributed by atoms with Gasteiger partial charge in [-0.15, -0.1) is 0 Å². The number of phenols is 1. The van der Waals surface area contributed by atoms with Crippen LogP contribution < -0.4 is 4.74 Å². The second-order valence-corrected chi connectivity index (χ2v) is 5.38. The van der Waals surface area contributed by atoms with Gasteiger partial charge in [0.1, 0.15) is 11.5 Å². The Hall–Kier alpha value is -1.21. The van der Waals surface area contributed by atoms with Crippen LogP contribution in [0.15, 0.2) is 18.2 Å². The lowest BCUT2D eigenvalue weighted by molar-refractivity contribution is 0.326. The second kappa shape index (κ2) is 3.99. The molecule has 0 aliphatic heterocycles. The van der Waals surface area contributed by atoms with Crippen molar-refractivity contribution in [1.29, 1.82) is 5.26 Å². The van der Waals surface area contributed by atoms with Crippen LogP contribution in [0, 0.1) is 11.3 Å². The first-order valence-corrected chi connectivity index (χ1v) is 5.96. The second-order valence-electron chi connectivity index (χ2n) is 4.08. The summed E-state index contributed by atoms with van der Waals surface area (Å²) < 4.78 is 5.02. The van der Waals surface area contributed by atoms with Gasteiger partial charge in [-0.05, 0) is 18.9 Å². The highest BCUT2D eigenvalue weighted by Gasteiger charge is 2.46. The van der Waals surface area contributed by atoms with Gasteiger partial charge in [-0.3, -0.25) is 0 Å². The van der Waals surface area contributed by atoms with Crippen molar-refractivity contribution < 1.29 is 9.84 Å². The van der Waals surface area contributed by atoms with Crippen molar-refractivity contribution in [2.75, 3.05) is 7.11 Å². The molecule has 4 heteroatoms. The van der Waals surface area contributed by atoms with E-state index in [0.29, 0.717) is 16.1 Å². The van der Waals surface area contributed by atoms with Gasteiger partial charge in [-0.1, -0.05) is 22.0 Å². The minimum atomic E-state index is -0.537. The fourth-order valence-corrected chi connectivity index (χ4v) is 3.22. The highest BCUT2D eigenvalue weighted by atomic mass is 79.9. The number of ether oxygens (including phenoxy) is 1. The van der Waals surface area contributed by atoms with Crippen molar-refractivity contribution in [2.24, 2.45) is 0 Å². The molecule has 0 spiro atoms. The van der Waals surface area contributed by atoms with Crippen LogP contribution in [0.1, 0.15) is 18.4 Å². The quantitative estimate of drug-likeness (QED) is 0.848. The van der Waals surface area contributed by atoms with E-state index in [9.17, 15) is 10.4 Å². The van der Waals surface area contributed by atoms with E-state index in [1.807, 2.05) is 0 Å². The number of aromatic hydroxyl groups is 1. The number of hydrogen-bond acceptors (Lipinski definition) is 3. The van der Waals surface area contributed by atoms with Crippen molar-refractivity contribution in [3.8, 4) is 17.6 Å². The average molecular weight is 282 g/mol. The summed E-state index contributed by atoms with van der Waals surface area (Å²) in [6.07, 6.45) is 1.48. The molecule has 3 nitrogen and oxygen atoms in total. The van der Waals surface area contributed by atoms with Gasteiger partial charge in [0.05, 0.1) is 18.6 Å². The van der Waals surface area contributed by atoms with E-state index >= 15 is 0 Å². The van der Waals surface area contributed by atoms with E-state index < -0.39 is 5.41 Å². The number of benzene rings is 1. The van der Waals surface area contributed by atoms with Crippen LogP contribution in [0.25, 0.3) is 0 Å². The van der Waals surface area contributed by atoms with Crippen LogP contribution in [0.4, 0.5) is 0 Å². The molecule has 2 rings (SSSR count). The SMILES string of the molecule is COc1ccc(C2(C#N)CC(Br)C2)c(O)c1. The number of phenolic OH excluding ortho intramolecular Hbond substituents is 1. The van der Waals surface area contributed by atoms with Crippen LogP contribution in [0.3, 0.4) is 0 Å². The van der Waals surface area contributed by atoms with E-state index in [-0.39, 0.29) is 5.75 Å². The molecule has 0 bridgehead atoms. The highest BCUT2D eigenvalue weighted by molar-refractivity contribution is 9.09. The Bertz CT molecular complexity index is 447. The molecule has 1 saturated carbocycles. The maximum Gasteiger partial charge on any atom is 0.124 e. The summed E-state index contributed by atoms with van der Waals surface area (Å²) in [5.74, 6) is 0.740. The molecule has 1 aliphatic rings. The molecule has 1 aliphatic carbocycles. The first-order chi connectivity index (χ1) is 7.61. The zero-order chi connectivity index (χ0) is 11.8. The van der Waals surface area contributed by atoms with Gasteiger partial charge in [-0.25, -0.2) is 0 Å². The minimum absolute atomic E-state index is 0.139. The number of nitrogens with zero attached hydrogens (tertiary/aromatic N) is 1. The zero-order valence-corrected chi connectivity index (χ0v) is 10.5. The summed E-state index contributed by atoms with van der Waals surface area (Å²) in [4.78, 5) is 0.369. The molecule has 0 unspecified atom stereocenters. The maximum atomic E-state index is 9.89. The van der Waals surface area contributed by atoms with Gasteiger partial charge in [-0.2, -0.15) is 5.26 Å². The number of methoxy groups -OCH3 is 1. The molecular formula is C12H12BrNO2. The minimum Gasteiger partial charge on any atom is -0.507 e. The van der Waals surface area contributed by atoms with E-state index in [0.717, 1.165) is 12.8 Å². The van der Waals surface area contributed by atoms with Crippen molar-refractivity contribution in [1.82, 2.24) is 0 Å². The third kappa shape index (κ3) is 1.65. The van der Waals surface area contributed by atoms with Gasteiger partial charge in [0.15, 0.2) is 0 Å². The molecule has 0 amide bonds. The largest absolute Gasteiger partial charge is 0.507 e. The number of nitriles is 1. The monoisotopic (exact) mass is 281 g/mol. The molecule has 1 fully saturated rings. The number of hydrogen-bond donors (Lipinski definition) is 1. The van der Waals surface area contributed by atoms with Crippen molar-refractivity contribution >= 4 is 15.9 Å². The first kappa shape index (κ1) is 11.3. The number of halogens is 1. The zero-order valence-electron chi connectivity index (χ0n) is 8.90. The fraction of sp³-hybridized carbons (Fsp3) is 0.417. The molecular weight excluding hydrogens is 270 g/mol. The van der Waals surface area contributed by atoms with Crippen LogP contribution in [0.5, 0.6) is 11.5 Å². The molecule has 0 heterocycles. The number of rotatable bonds is 2. The smallest absolute Gasteiger partial charge is 0.124 e. The van der Waals surface area contributed by atoms with E-state index in [2.05, 4.69) is 22.0 Å². The molecule has 0 atom stereocenters. The van der Waals surface area contributed by atoms with Crippen LogP contribution >= 0.6 is 15.9 Å². The predicted octanol–water partition coefficient (Wildman–Crippen LogP) is 2.72. The molecule has 1 aromatic carbocycles. The molecule has 16 heavy (non-hydrogen) atoms. The normalized spacial score (nSPS) is 27.9. The summed E-state index contributed by atoms with van der Waals surface area (Å²) >= 11 is 3.47. The summed E-state index contributed by atoms with van der Waals surface area (Å²) in [5.41, 5.74) is 0.163. The Morgan fingerprint density at radius 3 is 2.69 bits per heavy atom. The predicted molar refractivity (Wildman–Crippen MR) is 63.9 cm³/mol. The van der Waals surface area contributed by atoms with Gasteiger partial charge in [0.25, 0.3) is 0 Å². The molecule has 0 radical (unpaired) electrons. The van der Waals surface area contributed by atoms with Crippen LogP contribution in [-0.4, -0.2) is 17.0 Å². The average Bonchev–Trinajstić information content (AvgIpc) is 2.24. The number of alkyl halides is 1. The maximum absolute atomic E-state index is 9.89. The molecule has 0 saturated heterocycles. The first-order valence-electron chi connectivity index (χ1n) is 5.04. The fourth-order valence-electron chi connectivity index (χ4n) is 2.11. The van der Waals surface area contributed by atoms with Gasteiger partial charge >= 0.3 is 0 Å². The Morgan fingerprint density at radius 1 is 1.56 bits per heavy atom. The van der Waals surface area contributed by atoms with Gasteiger partial charge in [0.2, 0.25) is 0 Å². The lowest BCUT2D eigenvalue weighted by Crippen LogP contribution is -2.40. The summed E-state index contributed by atoms with van der Waals surface area (Å²) in [6.45, 7) is 0. The van der Waals surface area contributed by atoms with E-state index in [4.69, 9.17) is 4.74 Å². The summed E-state index contributed by atoms with van der Waals surface area (Å²) in [6, 6.07) is 7.41. The van der Waals surface area contributed by atoms with Crippen molar-refractivity contribution in [2.45, 2.75) is 23.1 Å². The molecule has 1 aromatic rings.